The zero-order valence-corrected chi connectivity index (χ0v) is 15.4. The first-order valence-electron chi connectivity index (χ1n) is 7.39. The Morgan fingerprint density at radius 1 is 1.27 bits per heavy atom. The van der Waals surface area contributed by atoms with Crippen molar-refractivity contribution in [3.8, 4) is 0 Å². The molecule has 0 aliphatic heterocycles. The second-order valence-corrected chi connectivity index (χ2v) is 7.40. The van der Waals surface area contributed by atoms with Crippen molar-refractivity contribution in [1.82, 2.24) is 4.57 Å². The number of rotatable bonds is 4. The molecule has 1 amide bonds. The monoisotopic (exact) mass is 391 g/mol. The van der Waals surface area contributed by atoms with Crippen LogP contribution in [0.5, 0.6) is 0 Å². The molecule has 0 saturated carbocycles. The lowest BCUT2D eigenvalue weighted by molar-refractivity contribution is -0.380. The van der Waals surface area contributed by atoms with Gasteiger partial charge in [-0.1, -0.05) is 28.7 Å². The smallest absolute Gasteiger partial charge is 0.325 e. The van der Waals surface area contributed by atoms with Crippen LogP contribution in [0.1, 0.15) is 15.2 Å². The van der Waals surface area contributed by atoms with Crippen molar-refractivity contribution in [3.63, 3.8) is 0 Å². The zero-order chi connectivity index (χ0) is 18.8. The maximum atomic E-state index is 12.4. The highest BCUT2D eigenvalue weighted by Crippen LogP contribution is 2.25. The van der Waals surface area contributed by atoms with Crippen molar-refractivity contribution >= 4 is 49.8 Å². The SMILES string of the molecule is COC(=O)Cn1c(=NC(=O)c2ccc([N+](=O)[O-])s2)sc2cc(C)ccc21. The third-order valence-electron chi connectivity index (χ3n) is 3.53. The predicted octanol–water partition coefficient (Wildman–Crippen LogP) is 2.90. The van der Waals surface area contributed by atoms with Crippen molar-refractivity contribution in [2.24, 2.45) is 4.99 Å². The summed E-state index contributed by atoms with van der Waals surface area (Å²) in [6, 6.07) is 8.33. The number of hydrogen-bond donors (Lipinski definition) is 0. The van der Waals surface area contributed by atoms with Gasteiger partial charge in [0.2, 0.25) is 0 Å². The van der Waals surface area contributed by atoms with Gasteiger partial charge in [0, 0.05) is 6.07 Å². The molecule has 134 valence electrons. The number of methoxy groups -OCH3 is 1. The molecule has 8 nitrogen and oxygen atoms in total. The van der Waals surface area contributed by atoms with Gasteiger partial charge in [0.15, 0.2) is 4.80 Å². The van der Waals surface area contributed by atoms with Gasteiger partial charge in [-0.15, -0.1) is 0 Å². The minimum absolute atomic E-state index is 0.0870. The van der Waals surface area contributed by atoms with Crippen LogP contribution in [0, 0.1) is 17.0 Å². The number of nitrogens with zero attached hydrogens (tertiary/aromatic N) is 3. The molecule has 0 bridgehead atoms. The number of amides is 1. The summed E-state index contributed by atoms with van der Waals surface area (Å²) in [7, 11) is 1.29. The van der Waals surface area contributed by atoms with Crippen LogP contribution in [0.4, 0.5) is 5.00 Å². The molecule has 10 heteroatoms. The molecular formula is C16H13N3O5S2. The van der Waals surface area contributed by atoms with Crippen LogP contribution in [0.3, 0.4) is 0 Å². The molecule has 0 saturated heterocycles. The number of nitro groups is 1. The lowest BCUT2D eigenvalue weighted by Crippen LogP contribution is -2.22. The average molecular weight is 391 g/mol. The van der Waals surface area contributed by atoms with Gasteiger partial charge in [-0.25, -0.2) is 0 Å². The first kappa shape index (κ1) is 18.0. The summed E-state index contributed by atoms with van der Waals surface area (Å²) in [5.41, 5.74) is 1.80. The van der Waals surface area contributed by atoms with E-state index in [0.29, 0.717) is 4.80 Å². The Balaban J connectivity index is 2.10. The van der Waals surface area contributed by atoms with Crippen LogP contribution in [0.2, 0.25) is 0 Å². The summed E-state index contributed by atoms with van der Waals surface area (Å²) in [6.07, 6.45) is 0. The quantitative estimate of drug-likeness (QED) is 0.386. The molecule has 0 N–H and O–H groups in total. The number of carbonyl (C=O) groups excluding carboxylic acids is 2. The van der Waals surface area contributed by atoms with Gasteiger partial charge in [0.05, 0.1) is 22.2 Å². The molecule has 0 spiro atoms. The Bertz CT molecular complexity index is 1090. The van der Waals surface area contributed by atoms with Crippen LogP contribution >= 0.6 is 22.7 Å². The average Bonchev–Trinajstić information content (AvgIpc) is 3.20. The number of fused-ring (bicyclic) bond motifs is 1. The molecule has 3 aromatic rings. The highest BCUT2D eigenvalue weighted by Gasteiger charge is 2.16. The predicted molar refractivity (Wildman–Crippen MR) is 97.4 cm³/mol. The lowest BCUT2D eigenvalue weighted by atomic mass is 10.2. The van der Waals surface area contributed by atoms with Gasteiger partial charge in [0.25, 0.3) is 5.91 Å². The van der Waals surface area contributed by atoms with Gasteiger partial charge < -0.3 is 9.30 Å². The van der Waals surface area contributed by atoms with E-state index >= 15 is 0 Å². The van der Waals surface area contributed by atoms with Gasteiger partial charge in [-0.05, 0) is 30.7 Å². The van der Waals surface area contributed by atoms with Crippen LogP contribution in [0.25, 0.3) is 10.2 Å². The van der Waals surface area contributed by atoms with Crippen LogP contribution in [0.15, 0.2) is 35.3 Å². The van der Waals surface area contributed by atoms with E-state index in [1.807, 2.05) is 25.1 Å². The molecule has 0 fully saturated rings. The molecular weight excluding hydrogens is 378 g/mol. The molecule has 0 radical (unpaired) electrons. The standard InChI is InChI=1S/C16H13N3O5S2/c1-9-3-4-10-12(7-9)26-16(18(10)8-14(20)24-2)17-15(21)11-5-6-13(25-11)19(22)23/h3-7H,8H2,1-2H3. The topological polar surface area (TPSA) is 104 Å². The van der Waals surface area contributed by atoms with Crippen molar-refractivity contribution in [2.45, 2.75) is 13.5 Å². The van der Waals surface area contributed by atoms with Gasteiger partial charge >= 0.3 is 11.0 Å². The lowest BCUT2D eigenvalue weighted by Gasteiger charge is -2.03. The maximum absolute atomic E-state index is 12.4. The summed E-state index contributed by atoms with van der Waals surface area (Å²) in [5, 5.41) is 10.6. The van der Waals surface area contributed by atoms with E-state index in [0.717, 1.165) is 27.1 Å². The first-order valence-corrected chi connectivity index (χ1v) is 9.02. The first-order chi connectivity index (χ1) is 12.4. The molecule has 1 aromatic carbocycles. The van der Waals surface area contributed by atoms with E-state index in [1.54, 1.807) is 4.57 Å². The van der Waals surface area contributed by atoms with E-state index in [4.69, 9.17) is 4.74 Å². The highest BCUT2D eigenvalue weighted by atomic mass is 32.1. The van der Waals surface area contributed by atoms with E-state index in [-0.39, 0.29) is 16.4 Å². The minimum Gasteiger partial charge on any atom is -0.468 e. The van der Waals surface area contributed by atoms with E-state index in [9.17, 15) is 19.7 Å². The number of aromatic nitrogens is 1. The molecule has 0 unspecified atom stereocenters. The summed E-state index contributed by atoms with van der Waals surface area (Å²) in [4.78, 5) is 38.9. The van der Waals surface area contributed by atoms with Crippen molar-refractivity contribution < 1.29 is 19.2 Å². The molecule has 26 heavy (non-hydrogen) atoms. The molecule has 2 aromatic heterocycles. The Morgan fingerprint density at radius 2 is 2.04 bits per heavy atom. The normalized spacial score (nSPS) is 11.7. The second-order valence-electron chi connectivity index (χ2n) is 5.33. The fraction of sp³-hybridized carbons (Fsp3) is 0.188. The van der Waals surface area contributed by atoms with Crippen molar-refractivity contribution in [3.05, 3.63) is 55.7 Å². The van der Waals surface area contributed by atoms with E-state index in [2.05, 4.69) is 4.99 Å². The zero-order valence-electron chi connectivity index (χ0n) is 13.8. The largest absolute Gasteiger partial charge is 0.468 e. The van der Waals surface area contributed by atoms with E-state index in [1.165, 1.54) is 30.6 Å². The molecule has 2 heterocycles. The summed E-state index contributed by atoms with van der Waals surface area (Å²) in [6.45, 7) is 1.85. The molecule has 0 aliphatic carbocycles. The summed E-state index contributed by atoms with van der Waals surface area (Å²) < 4.78 is 7.19. The van der Waals surface area contributed by atoms with Gasteiger partial charge in [-0.2, -0.15) is 4.99 Å². The second kappa shape index (κ2) is 7.18. The number of aryl methyl sites for hydroxylation is 1. The number of esters is 1. The molecule has 3 rings (SSSR count). The number of benzene rings is 1. The Hall–Kier alpha value is -2.85. The van der Waals surface area contributed by atoms with Gasteiger partial charge in [0.1, 0.15) is 11.4 Å². The maximum Gasteiger partial charge on any atom is 0.325 e. The third-order valence-corrected chi connectivity index (χ3v) is 5.60. The van der Waals surface area contributed by atoms with Crippen molar-refractivity contribution in [2.75, 3.05) is 7.11 Å². The Morgan fingerprint density at radius 3 is 2.69 bits per heavy atom. The third kappa shape index (κ3) is 3.55. The van der Waals surface area contributed by atoms with Crippen molar-refractivity contribution in [1.29, 1.82) is 0 Å². The van der Waals surface area contributed by atoms with Crippen LogP contribution in [-0.4, -0.2) is 28.5 Å². The van der Waals surface area contributed by atoms with Crippen LogP contribution < -0.4 is 4.80 Å². The molecule has 0 aliphatic rings. The Kier molecular flexibility index (Phi) is 4.96. The summed E-state index contributed by atoms with van der Waals surface area (Å²) >= 11 is 2.03. The minimum atomic E-state index is -0.593. The Labute approximate surface area is 155 Å². The summed E-state index contributed by atoms with van der Waals surface area (Å²) in [5.74, 6) is -1.06. The highest BCUT2D eigenvalue weighted by molar-refractivity contribution is 7.17. The number of ether oxygens (including phenoxy) is 1. The fourth-order valence-corrected chi connectivity index (χ4v) is 4.13. The molecule has 0 atom stereocenters. The van der Waals surface area contributed by atoms with Crippen LogP contribution in [-0.2, 0) is 16.1 Å². The van der Waals surface area contributed by atoms with Gasteiger partial charge in [-0.3, -0.25) is 19.7 Å². The number of carbonyl (C=O) groups is 2. The van der Waals surface area contributed by atoms with E-state index < -0.39 is 16.8 Å². The number of thiazole rings is 1. The number of thiophene rings is 1. The number of hydrogen-bond acceptors (Lipinski definition) is 7. The fourth-order valence-electron chi connectivity index (χ4n) is 2.29.